The van der Waals surface area contributed by atoms with Gasteiger partial charge in [-0.05, 0) is 18.6 Å². The van der Waals surface area contributed by atoms with Gasteiger partial charge in [-0.2, -0.15) is 4.72 Å². The minimum absolute atomic E-state index is 0.0477. The average Bonchev–Trinajstić information content (AvgIpc) is 2.32. The molecule has 0 aliphatic rings. The van der Waals surface area contributed by atoms with Crippen LogP contribution in [0.4, 0.5) is 0 Å². The van der Waals surface area contributed by atoms with Gasteiger partial charge in [0.1, 0.15) is 10.9 Å². The van der Waals surface area contributed by atoms with Crippen LogP contribution < -0.4 is 4.72 Å². The summed E-state index contributed by atoms with van der Waals surface area (Å²) in [6.45, 7) is 0.0710. The minimum Gasteiger partial charge on any atom is -0.480 e. The molecule has 1 rings (SSSR count). The molecule has 0 saturated heterocycles. The number of ether oxygens (including phenoxy) is 1. The van der Waals surface area contributed by atoms with Crippen molar-refractivity contribution in [1.82, 2.24) is 4.72 Å². The van der Waals surface area contributed by atoms with Gasteiger partial charge in [0.2, 0.25) is 10.0 Å². The van der Waals surface area contributed by atoms with Gasteiger partial charge in [-0.25, -0.2) is 8.42 Å². The third-order valence-electron chi connectivity index (χ3n) is 2.44. The van der Waals surface area contributed by atoms with E-state index in [2.05, 4.69) is 0 Å². The second kappa shape index (κ2) is 7.62. The highest BCUT2D eigenvalue weighted by Gasteiger charge is 2.28. The fourth-order valence-electron chi connectivity index (χ4n) is 1.50. The molecule has 0 bridgehead atoms. The lowest BCUT2D eigenvalue weighted by atomic mass is 10.2. The van der Waals surface area contributed by atoms with E-state index < -0.39 is 26.9 Å². The Morgan fingerprint density at radius 1 is 1.33 bits per heavy atom. The van der Waals surface area contributed by atoms with E-state index in [1.54, 1.807) is 0 Å². The van der Waals surface area contributed by atoms with Crippen molar-refractivity contribution >= 4 is 50.8 Å². The summed E-state index contributed by atoms with van der Waals surface area (Å²) in [5, 5.41) is 8.79. The number of halogens is 3. The fourth-order valence-corrected chi connectivity index (χ4v) is 4.27. The minimum atomic E-state index is -4.22. The quantitative estimate of drug-likeness (QED) is 0.762. The van der Waals surface area contributed by atoms with Crippen LogP contribution in [0, 0.1) is 0 Å². The molecule has 21 heavy (non-hydrogen) atoms. The number of carboxylic acids is 1. The maximum atomic E-state index is 12.2. The zero-order valence-corrected chi connectivity index (χ0v) is 13.9. The molecule has 2 N–H and O–H groups in total. The number of carbonyl (C=O) groups is 1. The Kier molecular flexibility index (Phi) is 6.71. The zero-order chi connectivity index (χ0) is 16.2. The summed E-state index contributed by atoms with van der Waals surface area (Å²) in [6.07, 6.45) is -0.0477. The van der Waals surface area contributed by atoms with Crippen molar-refractivity contribution < 1.29 is 23.1 Å². The molecular weight excluding hydrogens is 365 g/mol. The molecule has 1 unspecified atom stereocenters. The van der Waals surface area contributed by atoms with E-state index in [1.165, 1.54) is 19.2 Å². The predicted octanol–water partition coefficient (Wildman–Crippen LogP) is 2.41. The van der Waals surface area contributed by atoms with Crippen LogP contribution in [-0.2, 0) is 19.6 Å². The number of benzene rings is 1. The highest BCUT2D eigenvalue weighted by molar-refractivity contribution is 7.89. The Hall–Kier alpha value is -0.570. The Morgan fingerprint density at radius 3 is 2.29 bits per heavy atom. The molecule has 0 saturated carbocycles. The van der Waals surface area contributed by atoms with Crippen LogP contribution in [0.25, 0.3) is 0 Å². The first-order chi connectivity index (χ1) is 9.69. The summed E-state index contributed by atoms with van der Waals surface area (Å²) < 4.78 is 31.2. The third kappa shape index (κ3) is 4.98. The number of methoxy groups -OCH3 is 1. The summed E-state index contributed by atoms with van der Waals surface area (Å²) in [7, 11) is -2.85. The average molecular weight is 377 g/mol. The van der Waals surface area contributed by atoms with Crippen molar-refractivity contribution in [2.45, 2.75) is 17.4 Å². The Balaban J connectivity index is 3.14. The van der Waals surface area contributed by atoms with Gasteiger partial charge in [0.05, 0.1) is 10.0 Å². The van der Waals surface area contributed by atoms with Gasteiger partial charge in [0, 0.05) is 18.7 Å². The number of rotatable bonds is 7. The SMILES string of the molecule is COCCC(NS(=O)(=O)c1c(Cl)cc(Cl)cc1Cl)C(=O)O. The molecule has 1 aromatic rings. The fraction of sp³-hybridized carbons (Fsp3) is 0.364. The van der Waals surface area contributed by atoms with E-state index in [9.17, 15) is 13.2 Å². The highest BCUT2D eigenvalue weighted by Crippen LogP contribution is 2.32. The molecule has 0 aliphatic carbocycles. The molecule has 0 fully saturated rings. The molecule has 1 aromatic carbocycles. The normalized spacial score (nSPS) is 13.1. The summed E-state index contributed by atoms with van der Waals surface area (Å²) in [5.74, 6) is -1.34. The lowest BCUT2D eigenvalue weighted by Crippen LogP contribution is -2.41. The van der Waals surface area contributed by atoms with Crippen molar-refractivity contribution in [1.29, 1.82) is 0 Å². The molecular formula is C11H12Cl3NO5S. The van der Waals surface area contributed by atoms with Gasteiger partial charge in [0.25, 0.3) is 0 Å². The standard InChI is InChI=1S/C11H12Cl3NO5S/c1-20-3-2-9(11(16)17)15-21(18,19)10-7(13)4-6(12)5-8(10)14/h4-5,9,15H,2-3H2,1H3,(H,16,17). The van der Waals surface area contributed by atoms with Crippen LogP contribution in [-0.4, -0.2) is 39.3 Å². The first-order valence-corrected chi connectivity index (χ1v) is 8.19. The molecule has 0 amide bonds. The summed E-state index contributed by atoms with van der Waals surface area (Å²) in [5.41, 5.74) is 0. The maximum Gasteiger partial charge on any atom is 0.321 e. The summed E-state index contributed by atoms with van der Waals surface area (Å²) in [4.78, 5) is 10.7. The third-order valence-corrected chi connectivity index (χ3v) is 5.05. The second-order valence-electron chi connectivity index (χ2n) is 3.99. The van der Waals surface area contributed by atoms with E-state index >= 15 is 0 Å². The largest absolute Gasteiger partial charge is 0.480 e. The molecule has 1 atom stereocenters. The van der Waals surface area contributed by atoms with Crippen LogP contribution in [0.3, 0.4) is 0 Å². The monoisotopic (exact) mass is 375 g/mol. The van der Waals surface area contributed by atoms with Gasteiger partial charge in [-0.3, -0.25) is 4.79 Å². The van der Waals surface area contributed by atoms with Crippen LogP contribution in [0.5, 0.6) is 0 Å². The van der Waals surface area contributed by atoms with E-state index in [4.69, 9.17) is 44.6 Å². The molecule has 6 nitrogen and oxygen atoms in total. The number of sulfonamides is 1. The predicted molar refractivity (Wildman–Crippen MR) is 79.7 cm³/mol. The lowest BCUT2D eigenvalue weighted by molar-refractivity contribution is -0.139. The van der Waals surface area contributed by atoms with Crippen molar-refractivity contribution in [3.8, 4) is 0 Å². The molecule has 0 heterocycles. The van der Waals surface area contributed by atoms with E-state index in [0.29, 0.717) is 0 Å². The lowest BCUT2D eigenvalue weighted by Gasteiger charge is -2.16. The second-order valence-corrected chi connectivity index (χ2v) is 6.89. The van der Waals surface area contributed by atoms with Crippen LogP contribution in [0.2, 0.25) is 15.1 Å². The van der Waals surface area contributed by atoms with Crippen molar-refractivity contribution in [2.75, 3.05) is 13.7 Å². The number of nitrogens with one attached hydrogen (secondary N) is 1. The highest BCUT2D eigenvalue weighted by atomic mass is 35.5. The van der Waals surface area contributed by atoms with Crippen molar-refractivity contribution in [3.63, 3.8) is 0 Å². The van der Waals surface area contributed by atoms with Crippen LogP contribution >= 0.6 is 34.8 Å². The van der Waals surface area contributed by atoms with E-state index in [-0.39, 0.29) is 28.1 Å². The smallest absolute Gasteiger partial charge is 0.321 e. The Morgan fingerprint density at radius 2 is 1.86 bits per heavy atom. The van der Waals surface area contributed by atoms with Gasteiger partial charge >= 0.3 is 5.97 Å². The van der Waals surface area contributed by atoms with Crippen LogP contribution in [0.1, 0.15) is 6.42 Å². The number of aliphatic carboxylic acids is 1. The van der Waals surface area contributed by atoms with E-state index in [1.807, 2.05) is 4.72 Å². The number of carboxylic acid groups (broad SMARTS) is 1. The van der Waals surface area contributed by atoms with Gasteiger partial charge in [-0.1, -0.05) is 34.8 Å². The molecule has 0 aliphatic heterocycles. The van der Waals surface area contributed by atoms with Gasteiger partial charge < -0.3 is 9.84 Å². The Labute approximate surface area is 137 Å². The number of hydrogen-bond acceptors (Lipinski definition) is 4. The molecule has 10 heteroatoms. The Bertz CT molecular complexity index is 612. The maximum absolute atomic E-state index is 12.2. The van der Waals surface area contributed by atoms with Gasteiger partial charge in [-0.15, -0.1) is 0 Å². The van der Waals surface area contributed by atoms with Crippen LogP contribution in [0.15, 0.2) is 17.0 Å². The first kappa shape index (κ1) is 18.5. The first-order valence-electron chi connectivity index (χ1n) is 5.57. The summed E-state index contributed by atoms with van der Waals surface area (Å²) >= 11 is 17.4. The molecule has 0 spiro atoms. The topological polar surface area (TPSA) is 92.7 Å². The molecule has 118 valence electrons. The van der Waals surface area contributed by atoms with E-state index in [0.717, 1.165) is 0 Å². The van der Waals surface area contributed by atoms with Crippen molar-refractivity contribution in [2.24, 2.45) is 0 Å². The number of hydrogen-bond donors (Lipinski definition) is 2. The summed E-state index contributed by atoms with van der Waals surface area (Å²) in [6, 6.07) is 1.04. The van der Waals surface area contributed by atoms with Gasteiger partial charge in [0.15, 0.2) is 0 Å². The zero-order valence-electron chi connectivity index (χ0n) is 10.8. The molecule has 0 aromatic heterocycles. The van der Waals surface area contributed by atoms with Crippen molar-refractivity contribution in [3.05, 3.63) is 27.2 Å². The molecule has 0 radical (unpaired) electrons.